The normalized spacial score (nSPS) is 21.3. The van der Waals surface area contributed by atoms with Crippen LogP contribution in [-0.4, -0.2) is 59.9 Å². The molecule has 2 aliphatic rings. The van der Waals surface area contributed by atoms with E-state index in [1.165, 1.54) is 29.3 Å². The largest absolute Gasteiger partial charge is 0.444 e. The minimum Gasteiger partial charge on any atom is -0.444 e. The molecule has 2 fully saturated rings. The van der Waals surface area contributed by atoms with Gasteiger partial charge in [0.1, 0.15) is 23.5 Å². The molecule has 1 N–H and O–H groups in total. The number of ether oxygens (including phenoxy) is 1. The highest BCUT2D eigenvalue weighted by molar-refractivity contribution is 7.90. The summed E-state index contributed by atoms with van der Waals surface area (Å²) in [7, 11) is -3.57. The molecule has 1 saturated heterocycles. The van der Waals surface area contributed by atoms with Gasteiger partial charge in [0.25, 0.3) is 5.56 Å². The third kappa shape index (κ3) is 6.14. The van der Waals surface area contributed by atoms with Gasteiger partial charge in [0.2, 0.25) is 5.91 Å². The van der Waals surface area contributed by atoms with Gasteiger partial charge in [-0.3, -0.25) is 19.1 Å². The van der Waals surface area contributed by atoms with Crippen LogP contribution in [-0.2, 0) is 25.8 Å². The van der Waals surface area contributed by atoms with Gasteiger partial charge in [-0.1, -0.05) is 6.07 Å². The van der Waals surface area contributed by atoms with Crippen LogP contribution in [0.25, 0.3) is 5.69 Å². The summed E-state index contributed by atoms with van der Waals surface area (Å²) < 4.78 is 45.0. The van der Waals surface area contributed by atoms with Gasteiger partial charge in [0, 0.05) is 31.0 Å². The van der Waals surface area contributed by atoms with Crippen molar-refractivity contribution in [2.45, 2.75) is 75.1 Å². The van der Waals surface area contributed by atoms with Crippen molar-refractivity contribution in [3.8, 4) is 11.8 Å². The lowest BCUT2D eigenvalue weighted by molar-refractivity contribution is -0.128. The quantitative estimate of drug-likeness (QED) is 0.575. The summed E-state index contributed by atoms with van der Waals surface area (Å²) >= 11 is 0. The molecule has 39 heavy (non-hydrogen) atoms. The van der Waals surface area contributed by atoms with E-state index in [2.05, 4.69) is 5.32 Å². The topological polar surface area (TPSA) is 139 Å². The van der Waals surface area contributed by atoms with Gasteiger partial charge in [-0.15, -0.1) is 0 Å². The van der Waals surface area contributed by atoms with Crippen molar-refractivity contribution in [3.05, 3.63) is 58.3 Å². The molecule has 2 aromatic rings. The molecule has 2 amide bonds. The Morgan fingerprint density at radius 2 is 1.95 bits per heavy atom. The van der Waals surface area contributed by atoms with Crippen LogP contribution in [0.3, 0.4) is 0 Å². The minimum atomic E-state index is -3.57. The number of nitriles is 1. The second-order valence-electron chi connectivity index (χ2n) is 11.1. The van der Waals surface area contributed by atoms with Gasteiger partial charge in [0.15, 0.2) is 9.84 Å². The van der Waals surface area contributed by atoms with E-state index in [4.69, 9.17) is 4.74 Å². The fraction of sp³-hybridized carbons (Fsp3) is 0.481. The molecule has 1 aromatic carbocycles. The van der Waals surface area contributed by atoms with Gasteiger partial charge in [-0.2, -0.15) is 5.26 Å². The number of aromatic nitrogens is 1. The number of nitrogens with one attached hydrogen (secondary N) is 1. The molecule has 208 valence electrons. The Morgan fingerprint density at radius 3 is 2.54 bits per heavy atom. The molecule has 12 heteroatoms. The average Bonchev–Trinajstić information content (AvgIpc) is 3.45. The monoisotopic (exact) mass is 558 g/mol. The third-order valence-electron chi connectivity index (χ3n) is 6.99. The number of pyridine rings is 1. The first-order valence-corrected chi connectivity index (χ1v) is 14.5. The van der Waals surface area contributed by atoms with Crippen LogP contribution in [0.2, 0.25) is 0 Å². The Labute approximate surface area is 226 Å². The lowest BCUT2D eigenvalue weighted by Crippen LogP contribution is -2.55. The van der Waals surface area contributed by atoms with Crippen LogP contribution in [0, 0.1) is 23.1 Å². The number of carbonyl (C=O) groups excluding carboxylic acids is 2. The number of rotatable bonds is 6. The standard InChI is InChI=1S/C27H31FN4O6S/c1-27(2,3)38-26(35)32-20-8-6-17(12-20)24(32)25(34)30-18(15-29)11-16-5-7-19(13-22(16)28)31-10-9-21(14-23(31)33)39(4,36)37/h5,7,9-10,13-14,17-18,20,24H,6,8,11-12H2,1-4H3,(H,30,34)/t17-,18-,20+,24-/m0/s1. The number of hydrogen-bond acceptors (Lipinski definition) is 7. The molecular formula is C27H31FN4O6S. The fourth-order valence-corrected chi connectivity index (χ4v) is 5.89. The van der Waals surface area contributed by atoms with Crippen LogP contribution in [0.5, 0.6) is 0 Å². The molecule has 1 aromatic heterocycles. The number of fused-ring (bicyclic) bond motifs is 2. The van der Waals surface area contributed by atoms with Gasteiger partial charge >= 0.3 is 6.09 Å². The van der Waals surface area contributed by atoms with E-state index in [0.29, 0.717) is 6.42 Å². The van der Waals surface area contributed by atoms with Crippen LogP contribution >= 0.6 is 0 Å². The summed E-state index contributed by atoms with van der Waals surface area (Å²) in [5.41, 5.74) is -1.05. The van der Waals surface area contributed by atoms with E-state index >= 15 is 4.39 Å². The van der Waals surface area contributed by atoms with Crippen molar-refractivity contribution in [1.82, 2.24) is 14.8 Å². The van der Waals surface area contributed by atoms with E-state index in [1.807, 2.05) is 6.07 Å². The highest BCUT2D eigenvalue weighted by Crippen LogP contribution is 2.43. The minimum absolute atomic E-state index is 0.0368. The second kappa shape index (κ2) is 10.4. The highest BCUT2D eigenvalue weighted by atomic mass is 32.2. The predicted molar refractivity (Wildman–Crippen MR) is 139 cm³/mol. The van der Waals surface area contributed by atoms with Crippen molar-refractivity contribution in [1.29, 1.82) is 5.26 Å². The molecule has 4 rings (SSSR count). The van der Waals surface area contributed by atoms with Crippen molar-refractivity contribution < 1.29 is 27.1 Å². The summed E-state index contributed by atoms with van der Waals surface area (Å²) in [6.07, 6.45) is 3.80. The number of nitrogens with zero attached hydrogens (tertiary/aromatic N) is 3. The Bertz CT molecular complexity index is 1510. The number of amides is 2. The van der Waals surface area contributed by atoms with Crippen LogP contribution < -0.4 is 10.9 Å². The molecule has 4 atom stereocenters. The Balaban J connectivity index is 1.48. The van der Waals surface area contributed by atoms with Crippen molar-refractivity contribution in [3.63, 3.8) is 0 Å². The summed E-state index contributed by atoms with van der Waals surface area (Å²) in [5, 5.41) is 12.4. The van der Waals surface area contributed by atoms with Gasteiger partial charge < -0.3 is 10.1 Å². The van der Waals surface area contributed by atoms with E-state index < -0.39 is 50.9 Å². The summed E-state index contributed by atoms with van der Waals surface area (Å²) in [4.78, 5) is 39.8. The number of carbonyl (C=O) groups is 2. The molecule has 1 saturated carbocycles. The zero-order valence-electron chi connectivity index (χ0n) is 22.2. The maximum Gasteiger partial charge on any atom is 0.411 e. The Kier molecular flexibility index (Phi) is 7.58. The molecule has 0 spiro atoms. The summed E-state index contributed by atoms with van der Waals surface area (Å²) in [6, 6.07) is 6.26. The fourth-order valence-electron chi connectivity index (χ4n) is 5.27. The number of sulfone groups is 1. The first kappa shape index (κ1) is 28.3. The Hall–Kier alpha value is -3.72. The van der Waals surface area contributed by atoms with Crippen molar-refractivity contribution in [2.24, 2.45) is 5.92 Å². The molecule has 2 bridgehead atoms. The molecule has 0 radical (unpaired) electrons. The number of halogens is 1. The smallest absolute Gasteiger partial charge is 0.411 e. The van der Waals surface area contributed by atoms with Gasteiger partial charge in [0.05, 0.1) is 16.7 Å². The van der Waals surface area contributed by atoms with Crippen molar-refractivity contribution in [2.75, 3.05) is 6.26 Å². The SMILES string of the molecule is CC(C)(C)OC(=O)N1[C@@H]2CC[C@@H](C2)[C@H]1C(=O)N[C@H](C#N)Cc1ccc(-n2ccc(S(C)(=O)=O)cc2=O)cc1F. The van der Waals surface area contributed by atoms with E-state index in [-0.39, 0.29) is 34.5 Å². The van der Waals surface area contributed by atoms with Crippen molar-refractivity contribution >= 4 is 21.8 Å². The molecule has 10 nitrogen and oxygen atoms in total. The number of benzene rings is 1. The third-order valence-corrected chi connectivity index (χ3v) is 8.10. The molecule has 0 unspecified atom stereocenters. The molecule has 1 aliphatic heterocycles. The lowest BCUT2D eigenvalue weighted by Gasteiger charge is -2.35. The zero-order chi connectivity index (χ0) is 28.7. The molecule has 1 aliphatic carbocycles. The maximum atomic E-state index is 15.0. The number of likely N-dealkylation sites (tertiary alicyclic amines) is 1. The molecular weight excluding hydrogens is 527 g/mol. The van der Waals surface area contributed by atoms with Crippen LogP contribution in [0.15, 0.2) is 46.2 Å². The van der Waals surface area contributed by atoms with Gasteiger partial charge in [-0.05, 0) is 69.7 Å². The summed E-state index contributed by atoms with van der Waals surface area (Å²) in [6.45, 7) is 5.25. The van der Waals surface area contributed by atoms with E-state index in [0.717, 1.165) is 35.8 Å². The van der Waals surface area contributed by atoms with Crippen LogP contribution in [0.4, 0.5) is 9.18 Å². The highest BCUT2D eigenvalue weighted by Gasteiger charge is 2.52. The first-order chi connectivity index (χ1) is 18.2. The van der Waals surface area contributed by atoms with Gasteiger partial charge in [-0.25, -0.2) is 17.6 Å². The lowest BCUT2D eigenvalue weighted by atomic mass is 9.97. The predicted octanol–water partition coefficient (Wildman–Crippen LogP) is 2.72. The summed E-state index contributed by atoms with van der Waals surface area (Å²) in [5.74, 6) is -1.21. The second-order valence-corrected chi connectivity index (χ2v) is 13.1. The van der Waals surface area contributed by atoms with E-state index in [9.17, 15) is 28.1 Å². The van der Waals surface area contributed by atoms with E-state index in [1.54, 1.807) is 20.8 Å². The van der Waals surface area contributed by atoms with Crippen LogP contribution in [0.1, 0.15) is 45.6 Å². The number of piperidine rings is 1. The Morgan fingerprint density at radius 1 is 1.23 bits per heavy atom. The number of hydrogen-bond donors (Lipinski definition) is 1. The zero-order valence-corrected chi connectivity index (χ0v) is 23.0. The maximum absolute atomic E-state index is 15.0. The molecule has 2 heterocycles. The first-order valence-electron chi connectivity index (χ1n) is 12.6. The average molecular weight is 559 g/mol.